The van der Waals surface area contributed by atoms with Crippen LogP contribution in [0.25, 0.3) is 0 Å². The van der Waals surface area contributed by atoms with E-state index in [4.69, 9.17) is 6.82 Å². The van der Waals surface area contributed by atoms with Crippen LogP contribution in [0.3, 0.4) is 0 Å². The first-order valence-electron chi connectivity index (χ1n) is 2.71. The van der Waals surface area contributed by atoms with Crippen LogP contribution >= 0.6 is 12.6 Å². The normalized spacial score (nSPS) is 10.1. The molecule has 0 aromatic heterocycles. The monoisotopic (exact) mass is 121 g/mol. The zero-order valence-corrected chi connectivity index (χ0v) is 5.04. The van der Waals surface area contributed by atoms with Gasteiger partial charge in [-0.3, -0.25) is 11.1 Å². The molecule has 0 aliphatic heterocycles. The molecule has 0 aromatic rings. The number of rotatable bonds is 3. The Kier molecular flexibility index (Phi) is 2.83. The minimum absolute atomic E-state index is 0.513. The Morgan fingerprint density at radius 2 is 2.71 bits per heavy atom. The Balaban J connectivity index is 2.99. The maximum Gasteiger partial charge on any atom is 0.301 e. The summed E-state index contributed by atoms with van der Waals surface area (Å²) in [6.45, 7) is 0. The highest BCUT2D eigenvalue weighted by molar-refractivity contribution is 7.80. The third-order valence-electron chi connectivity index (χ3n) is 0.604. The van der Waals surface area contributed by atoms with E-state index in [-0.39, 0.29) is 0 Å². The average Bonchev–Trinajstić information content (AvgIpc) is 1.83. The van der Waals surface area contributed by atoms with E-state index in [2.05, 4.69) is 18.4 Å². The summed E-state index contributed by atoms with van der Waals surface area (Å²) in [6, 6.07) is 0. The van der Waals surface area contributed by atoms with Crippen LogP contribution in [-0.4, -0.2) is 11.6 Å². The fourth-order valence-corrected chi connectivity index (χ4v) is 0.428. The second-order valence-electron chi connectivity index (χ2n) is 1.35. The highest BCUT2D eigenvalue weighted by Crippen LogP contribution is 1.86. The number of amidine groups is 1. The van der Waals surface area contributed by atoms with E-state index >= 15 is 0 Å². The third kappa shape index (κ3) is 5.82. The maximum absolute atomic E-state index is 6.55. The van der Waals surface area contributed by atoms with Gasteiger partial charge in [0.15, 0.2) is 0 Å². The van der Waals surface area contributed by atoms with E-state index in [1.807, 2.05) is 0 Å². The molecule has 0 aliphatic rings. The molecule has 0 fully saturated rings. The molecule has 0 spiro atoms. The van der Waals surface area contributed by atoms with Crippen LogP contribution in [-0.2, 0) is 0 Å². The third-order valence-corrected chi connectivity index (χ3v) is 0.920. The van der Waals surface area contributed by atoms with Crippen molar-refractivity contribution in [3.63, 3.8) is 0 Å². The molecule has 0 bridgehead atoms. The van der Waals surface area contributed by atoms with E-state index in [0.29, 0.717) is 5.84 Å². The van der Waals surface area contributed by atoms with Gasteiger partial charge in [-0.25, -0.2) is 0 Å². The SMILES string of the molecule is [3H]NC(=[NH2+])CCCS. The standard InChI is InChI=1S/C4H10N2S/c5-4(6)2-1-3-7/h7H,1-3H2,(H3,5,6)/p+1/i/hT. The van der Waals surface area contributed by atoms with Gasteiger partial charge in [0.2, 0.25) is 5.84 Å². The number of hydrogen-bond donors (Lipinski definition) is 3. The molecule has 0 unspecified atom stereocenters. The molecule has 0 aliphatic carbocycles. The second kappa shape index (κ2) is 3.99. The Morgan fingerprint density at radius 1 is 2.00 bits per heavy atom. The number of thiol groups is 1. The van der Waals surface area contributed by atoms with Crippen LogP contribution in [0.5, 0.6) is 0 Å². The van der Waals surface area contributed by atoms with Crippen molar-refractivity contribution in [2.45, 2.75) is 12.8 Å². The number of hydrogen-bond acceptors (Lipinski definition) is 1. The highest BCUT2D eigenvalue weighted by Gasteiger charge is 1.90. The first-order valence-corrected chi connectivity index (χ1v) is 2.84. The summed E-state index contributed by atoms with van der Waals surface area (Å²) in [5.41, 5.74) is 2.11. The molecule has 42 valence electrons. The van der Waals surface area contributed by atoms with Crippen LogP contribution in [0.4, 0.5) is 0 Å². The van der Waals surface area contributed by atoms with Gasteiger partial charge < -0.3 is 0 Å². The first kappa shape index (κ1) is 4.97. The molecule has 0 saturated heterocycles. The number of nitrogens with two attached hydrogens (primary N) is 2. The van der Waals surface area contributed by atoms with Crippen molar-refractivity contribution in [2.24, 2.45) is 5.73 Å². The highest BCUT2D eigenvalue weighted by atomic mass is 32.1. The van der Waals surface area contributed by atoms with Gasteiger partial charge in [0.1, 0.15) is 0 Å². The van der Waals surface area contributed by atoms with Crippen LogP contribution in [0.15, 0.2) is 0 Å². The van der Waals surface area contributed by atoms with Crippen LogP contribution in [0.2, 0.25) is 1.41 Å². The lowest BCUT2D eigenvalue weighted by molar-refractivity contribution is -0.118. The van der Waals surface area contributed by atoms with Crippen LogP contribution in [0, 0.1) is 0 Å². The Bertz CT molecular complexity index is 76.4. The zero-order chi connectivity index (χ0) is 6.41. The van der Waals surface area contributed by atoms with E-state index in [0.717, 1.165) is 18.6 Å². The molecule has 0 aromatic carbocycles. The van der Waals surface area contributed by atoms with Crippen molar-refractivity contribution in [2.75, 3.05) is 5.75 Å². The van der Waals surface area contributed by atoms with Gasteiger partial charge in [0, 0.05) is 6.42 Å². The van der Waals surface area contributed by atoms with Gasteiger partial charge >= 0.3 is 1.41 Å². The lowest BCUT2D eigenvalue weighted by Crippen LogP contribution is -2.45. The van der Waals surface area contributed by atoms with E-state index in [1.165, 1.54) is 0 Å². The fourth-order valence-electron chi connectivity index (χ4n) is 0.270. The Hall–Kier alpha value is -0.180. The second-order valence-corrected chi connectivity index (χ2v) is 1.80. The van der Waals surface area contributed by atoms with Gasteiger partial charge in [0.25, 0.3) is 0 Å². The molecule has 0 rings (SSSR count). The summed E-state index contributed by atoms with van der Waals surface area (Å²) in [7, 11) is 0. The Labute approximate surface area is 50.5 Å². The summed E-state index contributed by atoms with van der Waals surface area (Å²) >= 11 is 3.98. The predicted octanol–water partition coefficient (Wildman–Crippen LogP) is -1.19. The topological polar surface area (TPSA) is 51.6 Å². The zero-order valence-electron chi connectivity index (χ0n) is 5.15. The van der Waals surface area contributed by atoms with E-state index < -0.39 is 0 Å². The minimum atomic E-state index is 0.513. The van der Waals surface area contributed by atoms with Crippen molar-refractivity contribution in [3.05, 3.63) is 0 Å². The molecular weight excluding hydrogens is 108 g/mol. The van der Waals surface area contributed by atoms with E-state index in [9.17, 15) is 0 Å². The van der Waals surface area contributed by atoms with Crippen molar-refractivity contribution < 1.29 is 6.82 Å². The predicted molar refractivity (Wildman–Crippen MR) is 34.2 cm³/mol. The van der Waals surface area contributed by atoms with Crippen molar-refractivity contribution in [1.29, 1.82) is 0 Å². The summed E-state index contributed by atoms with van der Waals surface area (Å²) in [4.78, 5) is 0. The van der Waals surface area contributed by atoms with Gasteiger partial charge in [-0.05, 0) is 12.2 Å². The van der Waals surface area contributed by atoms with Gasteiger partial charge in [-0.1, -0.05) is 0 Å². The largest absolute Gasteiger partial charge is 0.301 e. The summed E-state index contributed by atoms with van der Waals surface area (Å²) < 4.78 is 6.55. The van der Waals surface area contributed by atoms with Gasteiger partial charge in [-0.2, -0.15) is 12.6 Å². The summed E-state index contributed by atoms with van der Waals surface area (Å²) in [5.74, 6) is 1.33. The van der Waals surface area contributed by atoms with Crippen molar-refractivity contribution in [1.82, 2.24) is 0 Å². The quantitative estimate of drug-likeness (QED) is 0.245. The molecule has 4 N–H and O–H groups in total. The smallest absolute Gasteiger partial charge is 0.291 e. The first-order chi connectivity index (χ1) is 3.81. The van der Waals surface area contributed by atoms with Crippen LogP contribution in [0.1, 0.15) is 12.8 Å². The fraction of sp³-hybridized carbons (Fsp3) is 0.750. The molecule has 0 radical (unpaired) electrons. The molecule has 0 heterocycles. The summed E-state index contributed by atoms with van der Waals surface area (Å²) in [6.07, 6.45) is 1.67. The molecule has 0 amide bonds. The van der Waals surface area contributed by atoms with Crippen molar-refractivity contribution in [3.8, 4) is 0 Å². The van der Waals surface area contributed by atoms with Gasteiger partial charge in [-0.15, -0.1) is 0 Å². The Morgan fingerprint density at radius 3 is 3.14 bits per heavy atom. The van der Waals surface area contributed by atoms with E-state index in [1.54, 1.807) is 0 Å². The molecule has 2 nitrogen and oxygen atoms in total. The lowest BCUT2D eigenvalue weighted by Gasteiger charge is -1.84. The molecule has 0 atom stereocenters. The molecule has 3 heteroatoms. The van der Waals surface area contributed by atoms with Gasteiger partial charge in [0.05, 0.1) is 0 Å². The maximum atomic E-state index is 6.55. The molecular formula is C4H11N2S+. The molecule has 0 saturated carbocycles. The summed E-state index contributed by atoms with van der Waals surface area (Å²) in [5, 5.41) is 5.24. The van der Waals surface area contributed by atoms with Crippen molar-refractivity contribution >= 4 is 18.5 Å². The van der Waals surface area contributed by atoms with Crippen LogP contribution < -0.4 is 11.1 Å². The average molecular weight is 121 g/mol. The minimum Gasteiger partial charge on any atom is -0.291 e. The lowest BCUT2D eigenvalue weighted by atomic mass is 10.3. The molecule has 7 heavy (non-hydrogen) atoms.